The number of nitrogens with two attached hydrogens (primary N) is 1. The molecule has 1 aliphatic heterocycles. The molecule has 134 valence electrons. The van der Waals surface area contributed by atoms with Gasteiger partial charge in [0, 0.05) is 11.0 Å². The second-order valence-corrected chi connectivity index (χ2v) is 9.28. The molecular formula is C19H23NO4S. The molecule has 2 saturated carbocycles. The van der Waals surface area contributed by atoms with Gasteiger partial charge < -0.3 is 10.5 Å². The van der Waals surface area contributed by atoms with Gasteiger partial charge in [0.25, 0.3) is 5.91 Å². The van der Waals surface area contributed by atoms with Gasteiger partial charge in [-0.3, -0.25) is 4.79 Å². The topological polar surface area (TPSA) is 86.5 Å². The summed E-state index contributed by atoms with van der Waals surface area (Å²) in [6, 6.07) is 3.78. The van der Waals surface area contributed by atoms with E-state index in [9.17, 15) is 13.2 Å². The van der Waals surface area contributed by atoms with Crippen LogP contribution >= 0.6 is 0 Å². The van der Waals surface area contributed by atoms with Crippen molar-refractivity contribution >= 4 is 15.7 Å². The highest BCUT2D eigenvalue weighted by atomic mass is 32.2. The van der Waals surface area contributed by atoms with E-state index >= 15 is 0 Å². The quantitative estimate of drug-likeness (QED) is 0.844. The van der Waals surface area contributed by atoms with Gasteiger partial charge in [0.15, 0.2) is 9.84 Å². The van der Waals surface area contributed by atoms with E-state index in [1.165, 1.54) is 23.8 Å². The fourth-order valence-corrected chi connectivity index (χ4v) is 5.10. The number of hydrogen-bond donors (Lipinski definition) is 1. The van der Waals surface area contributed by atoms with Crippen LogP contribution in [0.3, 0.4) is 0 Å². The van der Waals surface area contributed by atoms with Crippen LogP contribution < -0.4 is 10.5 Å². The zero-order valence-electron chi connectivity index (χ0n) is 14.2. The second kappa shape index (κ2) is 6.16. The van der Waals surface area contributed by atoms with E-state index in [4.69, 9.17) is 10.5 Å². The summed E-state index contributed by atoms with van der Waals surface area (Å²) in [4.78, 5) is 11.9. The molecule has 1 aromatic rings. The third-order valence-electron chi connectivity index (χ3n) is 5.30. The maximum Gasteiger partial charge on any atom is 0.252 e. The Balaban J connectivity index is 1.79. The van der Waals surface area contributed by atoms with Crippen LogP contribution in [-0.2, 0) is 16.3 Å². The summed E-state index contributed by atoms with van der Waals surface area (Å²) in [5.74, 6) is 0.645. The molecule has 0 unspecified atom stereocenters. The van der Waals surface area contributed by atoms with Crippen molar-refractivity contribution < 1.29 is 17.9 Å². The number of primary amides is 1. The number of sulfone groups is 1. The summed E-state index contributed by atoms with van der Waals surface area (Å²) in [6.07, 6.45) is 7.31. The Morgan fingerprint density at radius 1 is 1.16 bits per heavy atom. The Morgan fingerprint density at radius 3 is 2.40 bits per heavy atom. The zero-order chi connectivity index (χ0) is 17.6. The molecule has 0 spiro atoms. The average Bonchev–Trinajstić information content (AvgIpc) is 3.17. The van der Waals surface area contributed by atoms with Crippen molar-refractivity contribution in [3.05, 3.63) is 39.8 Å². The summed E-state index contributed by atoms with van der Waals surface area (Å²) in [5, 5.41) is 1.35. The van der Waals surface area contributed by atoms with Crippen molar-refractivity contribution in [1.82, 2.24) is 0 Å². The molecule has 1 amide bonds. The summed E-state index contributed by atoms with van der Waals surface area (Å²) >= 11 is 0. The molecule has 4 rings (SSSR count). The molecule has 0 bridgehead atoms. The van der Waals surface area contributed by atoms with Crippen LogP contribution in [0.25, 0.3) is 0 Å². The molecule has 3 aliphatic rings. The number of carbonyl (C=O) groups excluding carboxylic acids is 1. The van der Waals surface area contributed by atoms with E-state index < -0.39 is 15.7 Å². The van der Waals surface area contributed by atoms with E-state index in [1.54, 1.807) is 6.07 Å². The van der Waals surface area contributed by atoms with Gasteiger partial charge in [-0.05, 0) is 55.2 Å². The molecule has 2 fully saturated rings. The van der Waals surface area contributed by atoms with Crippen LogP contribution in [0, 0.1) is 0 Å². The molecule has 0 radical (unpaired) electrons. The van der Waals surface area contributed by atoms with Crippen LogP contribution in [0.15, 0.2) is 23.1 Å². The standard InChI is InChI=1S/C19H23NO4S/c20-19(21)16-8-7-15(13-3-1-2-4-13)17(18(16)24-14-5-6-14)9-12-10-25(22,23)11-12/h7-8,10,13-14H,1-6,9,11H2,(H2,20,21). The first-order chi connectivity index (χ1) is 11.9. The first kappa shape index (κ1) is 16.6. The summed E-state index contributed by atoms with van der Waals surface area (Å²) in [5.41, 5.74) is 9.03. The van der Waals surface area contributed by atoms with Crippen molar-refractivity contribution in [2.24, 2.45) is 5.73 Å². The Hall–Kier alpha value is -1.82. The largest absolute Gasteiger partial charge is 0.489 e. The maximum absolute atomic E-state index is 11.9. The fourth-order valence-electron chi connectivity index (χ4n) is 3.93. The Labute approximate surface area is 148 Å². The number of carbonyl (C=O) groups is 1. The van der Waals surface area contributed by atoms with Crippen molar-refractivity contribution in [3.8, 4) is 5.75 Å². The fraction of sp³-hybridized carbons (Fsp3) is 0.526. The Kier molecular flexibility index (Phi) is 4.10. The van der Waals surface area contributed by atoms with E-state index in [0.717, 1.165) is 36.8 Å². The van der Waals surface area contributed by atoms with Gasteiger partial charge in [-0.25, -0.2) is 8.42 Å². The van der Waals surface area contributed by atoms with Crippen molar-refractivity contribution in [2.45, 2.75) is 57.0 Å². The number of ether oxygens (including phenoxy) is 1. The van der Waals surface area contributed by atoms with E-state index in [2.05, 4.69) is 0 Å². The lowest BCUT2D eigenvalue weighted by Crippen LogP contribution is -2.21. The lowest BCUT2D eigenvalue weighted by Gasteiger charge is -2.24. The monoisotopic (exact) mass is 361 g/mol. The van der Waals surface area contributed by atoms with E-state index in [1.807, 2.05) is 6.07 Å². The van der Waals surface area contributed by atoms with Crippen LogP contribution in [0.4, 0.5) is 0 Å². The SMILES string of the molecule is NC(=O)c1ccc(C2CCCC2)c(CC2=CS(=O)(=O)C2)c1OC1CC1. The van der Waals surface area contributed by atoms with Crippen molar-refractivity contribution in [3.63, 3.8) is 0 Å². The Morgan fingerprint density at radius 2 is 1.84 bits per heavy atom. The maximum atomic E-state index is 11.9. The number of rotatable bonds is 6. The lowest BCUT2D eigenvalue weighted by atomic mass is 9.87. The highest BCUT2D eigenvalue weighted by Gasteiger charge is 2.32. The van der Waals surface area contributed by atoms with Crippen LogP contribution in [0.5, 0.6) is 5.75 Å². The molecule has 2 N–H and O–H groups in total. The van der Waals surface area contributed by atoms with Crippen LogP contribution in [0.2, 0.25) is 0 Å². The first-order valence-corrected chi connectivity index (χ1v) is 10.7. The minimum Gasteiger partial charge on any atom is -0.489 e. The number of hydrogen-bond acceptors (Lipinski definition) is 4. The second-order valence-electron chi connectivity index (χ2n) is 7.43. The summed E-state index contributed by atoms with van der Waals surface area (Å²) in [6.45, 7) is 0. The molecule has 25 heavy (non-hydrogen) atoms. The predicted octanol–water partition coefficient (Wildman–Crippen LogP) is 2.84. The lowest BCUT2D eigenvalue weighted by molar-refractivity contribution is 0.0995. The van der Waals surface area contributed by atoms with Crippen molar-refractivity contribution in [1.29, 1.82) is 0 Å². The zero-order valence-corrected chi connectivity index (χ0v) is 15.0. The highest BCUT2D eigenvalue weighted by Crippen LogP contribution is 2.43. The third kappa shape index (κ3) is 3.45. The number of amides is 1. The minimum absolute atomic E-state index is 0.0980. The molecule has 6 heteroatoms. The first-order valence-electron chi connectivity index (χ1n) is 8.97. The minimum atomic E-state index is -3.03. The normalized spacial score (nSPS) is 22.3. The highest BCUT2D eigenvalue weighted by molar-refractivity contribution is 7.95. The van der Waals surface area contributed by atoms with Gasteiger partial charge in [-0.1, -0.05) is 18.9 Å². The van der Waals surface area contributed by atoms with Gasteiger partial charge in [0.1, 0.15) is 5.75 Å². The number of benzene rings is 1. The van der Waals surface area contributed by atoms with Gasteiger partial charge in [-0.15, -0.1) is 0 Å². The molecule has 0 saturated heterocycles. The summed E-state index contributed by atoms with van der Waals surface area (Å²) in [7, 11) is -3.03. The van der Waals surface area contributed by atoms with Crippen molar-refractivity contribution in [2.75, 3.05) is 5.75 Å². The van der Waals surface area contributed by atoms with Gasteiger partial charge >= 0.3 is 0 Å². The van der Waals surface area contributed by atoms with Gasteiger partial charge in [-0.2, -0.15) is 0 Å². The summed E-state index contributed by atoms with van der Waals surface area (Å²) < 4.78 is 29.1. The Bertz CT molecular complexity index is 846. The molecule has 0 aromatic heterocycles. The average molecular weight is 361 g/mol. The molecular weight excluding hydrogens is 338 g/mol. The van der Waals surface area contributed by atoms with Gasteiger partial charge in [0.2, 0.25) is 0 Å². The van der Waals surface area contributed by atoms with Crippen LogP contribution in [0.1, 0.15) is 65.9 Å². The molecule has 5 nitrogen and oxygen atoms in total. The smallest absolute Gasteiger partial charge is 0.252 e. The van der Waals surface area contributed by atoms with Gasteiger partial charge in [0.05, 0.1) is 17.4 Å². The predicted molar refractivity (Wildman–Crippen MR) is 95.4 cm³/mol. The third-order valence-corrected chi connectivity index (χ3v) is 6.77. The van der Waals surface area contributed by atoms with Crippen LogP contribution in [-0.4, -0.2) is 26.2 Å². The van der Waals surface area contributed by atoms with E-state index in [-0.39, 0.29) is 11.9 Å². The molecule has 1 heterocycles. The molecule has 1 aromatic carbocycles. The van der Waals surface area contributed by atoms with E-state index in [0.29, 0.717) is 23.7 Å². The molecule has 0 atom stereocenters. The molecule has 2 aliphatic carbocycles.